The summed E-state index contributed by atoms with van der Waals surface area (Å²) >= 11 is 0. The predicted octanol–water partition coefficient (Wildman–Crippen LogP) is 3.50. The first kappa shape index (κ1) is 23.3. The zero-order chi connectivity index (χ0) is 22.9. The molecule has 1 heterocycles. The van der Waals surface area contributed by atoms with E-state index in [2.05, 4.69) is 20.4 Å². The van der Waals surface area contributed by atoms with Crippen LogP contribution >= 0.6 is 0 Å². The molecule has 1 atom stereocenters. The van der Waals surface area contributed by atoms with Crippen LogP contribution in [0.15, 0.2) is 53.1 Å². The van der Waals surface area contributed by atoms with Gasteiger partial charge in [-0.2, -0.15) is 4.98 Å². The highest BCUT2D eigenvalue weighted by Crippen LogP contribution is 2.27. The van der Waals surface area contributed by atoms with Crippen LogP contribution < -0.4 is 14.8 Å². The minimum Gasteiger partial charge on any atom is -0.496 e. The summed E-state index contributed by atoms with van der Waals surface area (Å²) < 4.78 is 16.2. The fourth-order valence-electron chi connectivity index (χ4n) is 3.37. The minimum atomic E-state index is -0.0763. The Morgan fingerprint density at radius 2 is 1.91 bits per heavy atom. The molecule has 0 radical (unpaired) electrons. The smallest absolute Gasteiger partial charge is 0.227 e. The summed E-state index contributed by atoms with van der Waals surface area (Å²) in [6, 6.07) is 15.3. The van der Waals surface area contributed by atoms with Gasteiger partial charge < -0.3 is 24.2 Å². The van der Waals surface area contributed by atoms with E-state index in [9.17, 15) is 4.79 Å². The highest BCUT2D eigenvalue weighted by atomic mass is 16.5. The van der Waals surface area contributed by atoms with Crippen LogP contribution in [0.3, 0.4) is 0 Å². The number of likely N-dealkylation sites (N-methyl/N-ethyl adjacent to an activating group) is 1. The van der Waals surface area contributed by atoms with Crippen LogP contribution in [0.2, 0.25) is 0 Å². The molecule has 0 fully saturated rings. The van der Waals surface area contributed by atoms with Crippen LogP contribution in [-0.4, -0.2) is 55.3 Å². The highest BCUT2D eigenvalue weighted by molar-refractivity contribution is 5.76. The number of rotatable bonds is 11. The molecule has 0 aliphatic carbocycles. The number of para-hydroxylation sites is 1. The van der Waals surface area contributed by atoms with Gasteiger partial charge in [0.15, 0.2) is 0 Å². The zero-order valence-corrected chi connectivity index (χ0v) is 19.0. The van der Waals surface area contributed by atoms with Crippen molar-refractivity contribution >= 4 is 5.91 Å². The standard InChI is InChI=1S/C24H30N4O4/c1-5-31-18-12-10-17(11-13-18)24-26-23(32-27-24)15-14-22(29)25-16-20(28(2)3)19-8-6-7-9-21(19)30-4/h6-13,20H,5,14-16H2,1-4H3,(H,25,29). The number of aromatic nitrogens is 2. The first-order valence-electron chi connectivity index (χ1n) is 10.6. The van der Waals surface area contributed by atoms with E-state index in [1.54, 1.807) is 7.11 Å². The fraction of sp³-hybridized carbons (Fsp3) is 0.375. The topological polar surface area (TPSA) is 89.7 Å². The van der Waals surface area contributed by atoms with Gasteiger partial charge in [-0.1, -0.05) is 23.4 Å². The van der Waals surface area contributed by atoms with Crippen molar-refractivity contribution in [3.05, 3.63) is 60.0 Å². The number of hydrogen-bond acceptors (Lipinski definition) is 7. The minimum absolute atomic E-state index is 0.00948. The molecule has 0 saturated carbocycles. The summed E-state index contributed by atoms with van der Waals surface area (Å²) in [7, 11) is 5.60. The lowest BCUT2D eigenvalue weighted by Crippen LogP contribution is -2.34. The Balaban J connectivity index is 1.53. The van der Waals surface area contributed by atoms with Gasteiger partial charge in [-0.05, 0) is 51.4 Å². The van der Waals surface area contributed by atoms with E-state index in [1.807, 2.05) is 69.6 Å². The maximum absolute atomic E-state index is 12.4. The van der Waals surface area contributed by atoms with Gasteiger partial charge in [-0.25, -0.2) is 0 Å². The van der Waals surface area contributed by atoms with E-state index in [4.69, 9.17) is 14.0 Å². The molecule has 1 amide bonds. The van der Waals surface area contributed by atoms with Crippen LogP contribution in [0.1, 0.15) is 30.8 Å². The number of carbonyl (C=O) groups excluding carboxylic acids is 1. The molecule has 1 aromatic heterocycles. The van der Waals surface area contributed by atoms with Crippen LogP contribution in [0.25, 0.3) is 11.4 Å². The predicted molar refractivity (Wildman–Crippen MR) is 122 cm³/mol. The lowest BCUT2D eigenvalue weighted by atomic mass is 10.0. The van der Waals surface area contributed by atoms with E-state index in [1.165, 1.54) is 0 Å². The van der Waals surface area contributed by atoms with E-state index in [0.717, 1.165) is 22.6 Å². The van der Waals surface area contributed by atoms with Crippen molar-refractivity contribution in [2.75, 3.05) is 34.4 Å². The molecule has 32 heavy (non-hydrogen) atoms. The second kappa shape index (κ2) is 11.3. The Morgan fingerprint density at radius 3 is 2.59 bits per heavy atom. The van der Waals surface area contributed by atoms with Crippen molar-refractivity contribution in [1.82, 2.24) is 20.4 Å². The molecule has 0 spiro atoms. The number of nitrogens with zero attached hydrogens (tertiary/aromatic N) is 3. The van der Waals surface area contributed by atoms with Gasteiger partial charge in [0, 0.05) is 30.5 Å². The number of ether oxygens (including phenoxy) is 2. The molecule has 3 rings (SSSR count). The Kier molecular flexibility index (Phi) is 8.21. The third-order valence-corrected chi connectivity index (χ3v) is 5.07. The Labute approximate surface area is 188 Å². The van der Waals surface area contributed by atoms with Gasteiger partial charge in [-0.15, -0.1) is 0 Å². The number of nitrogens with one attached hydrogen (secondary N) is 1. The summed E-state index contributed by atoms with van der Waals surface area (Å²) in [4.78, 5) is 18.9. The van der Waals surface area contributed by atoms with Crippen LogP contribution in [0.4, 0.5) is 0 Å². The summed E-state index contributed by atoms with van der Waals surface area (Å²) in [5.74, 6) is 2.44. The Hall–Kier alpha value is -3.39. The number of carbonyl (C=O) groups is 1. The van der Waals surface area contributed by atoms with Gasteiger partial charge in [0.05, 0.1) is 19.8 Å². The van der Waals surface area contributed by atoms with Crippen LogP contribution in [0, 0.1) is 0 Å². The molecular formula is C24H30N4O4. The van der Waals surface area contributed by atoms with E-state index < -0.39 is 0 Å². The number of benzene rings is 2. The number of methoxy groups -OCH3 is 1. The lowest BCUT2D eigenvalue weighted by molar-refractivity contribution is -0.121. The highest BCUT2D eigenvalue weighted by Gasteiger charge is 2.19. The third kappa shape index (κ3) is 6.07. The molecule has 0 saturated heterocycles. The van der Waals surface area contributed by atoms with Gasteiger partial charge in [0.2, 0.25) is 17.6 Å². The summed E-state index contributed by atoms with van der Waals surface area (Å²) in [6.45, 7) is 3.02. The second-order valence-electron chi connectivity index (χ2n) is 7.49. The number of amides is 1. The first-order valence-corrected chi connectivity index (χ1v) is 10.6. The van der Waals surface area contributed by atoms with Crippen molar-refractivity contribution in [3.63, 3.8) is 0 Å². The quantitative estimate of drug-likeness (QED) is 0.490. The summed E-state index contributed by atoms with van der Waals surface area (Å²) in [6.07, 6.45) is 0.633. The molecule has 3 aromatic rings. The van der Waals surface area contributed by atoms with Crippen LogP contribution in [-0.2, 0) is 11.2 Å². The van der Waals surface area contributed by atoms with Gasteiger partial charge >= 0.3 is 0 Å². The molecule has 0 bridgehead atoms. The second-order valence-corrected chi connectivity index (χ2v) is 7.49. The molecule has 1 unspecified atom stereocenters. The molecule has 170 valence electrons. The Morgan fingerprint density at radius 1 is 1.16 bits per heavy atom. The molecule has 0 aliphatic rings. The first-order chi connectivity index (χ1) is 15.5. The largest absolute Gasteiger partial charge is 0.496 e. The average molecular weight is 439 g/mol. The summed E-state index contributed by atoms with van der Waals surface area (Å²) in [5.41, 5.74) is 1.86. The van der Waals surface area contributed by atoms with E-state index in [0.29, 0.717) is 31.3 Å². The maximum atomic E-state index is 12.4. The Bertz CT molecular complexity index is 1000. The normalized spacial score (nSPS) is 11.9. The number of aryl methyl sites for hydroxylation is 1. The monoisotopic (exact) mass is 438 g/mol. The molecule has 8 heteroatoms. The van der Waals surface area contributed by atoms with Crippen molar-refractivity contribution in [2.45, 2.75) is 25.8 Å². The molecule has 8 nitrogen and oxygen atoms in total. The maximum Gasteiger partial charge on any atom is 0.227 e. The van der Waals surface area contributed by atoms with Crippen molar-refractivity contribution in [3.8, 4) is 22.9 Å². The third-order valence-electron chi connectivity index (χ3n) is 5.07. The van der Waals surface area contributed by atoms with Crippen LogP contribution in [0.5, 0.6) is 11.5 Å². The number of hydrogen-bond donors (Lipinski definition) is 1. The van der Waals surface area contributed by atoms with Crippen molar-refractivity contribution in [1.29, 1.82) is 0 Å². The SMILES string of the molecule is CCOc1ccc(-c2noc(CCC(=O)NCC(c3ccccc3OC)N(C)C)n2)cc1. The zero-order valence-electron chi connectivity index (χ0n) is 19.0. The lowest BCUT2D eigenvalue weighted by Gasteiger charge is -2.26. The van der Waals surface area contributed by atoms with E-state index >= 15 is 0 Å². The van der Waals surface area contributed by atoms with Crippen molar-refractivity contribution in [2.24, 2.45) is 0 Å². The van der Waals surface area contributed by atoms with E-state index in [-0.39, 0.29) is 18.4 Å². The average Bonchev–Trinajstić information content (AvgIpc) is 3.28. The summed E-state index contributed by atoms with van der Waals surface area (Å²) in [5, 5.41) is 7.02. The van der Waals surface area contributed by atoms with Crippen molar-refractivity contribution < 1.29 is 18.8 Å². The molecule has 1 N–H and O–H groups in total. The van der Waals surface area contributed by atoms with Gasteiger partial charge in [0.25, 0.3) is 0 Å². The molecule has 2 aromatic carbocycles. The van der Waals surface area contributed by atoms with Gasteiger partial charge in [0.1, 0.15) is 11.5 Å². The molecular weight excluding hydrogens is 408 g/mol. The molecule has 0 aliphatic heterocycles. The van der Waals surface area contributed by atoms with Gasteiger partial charge in [-0.3, -0.25) is 4.79 Å². The fourth-order valence-corrected chi connectivity index (χ4v) is 3.37.